The number of aromatic nitrogens is 2. The maximum atomic E-state index is 13.0. The highest BCUT2D eigenvalue weighted by molar-refractivity contribution is 5.98. The highest BCUT2D eigenvalue weighted by Gasteiger charge is 2.29. The monoisotopic (exact) mass is 359 g/mol. The largest absolute Gasteiger partial charge is 0.493 e. The lowest BCUT2D eigenvalue weighted by Gasteiger charge is -2.30. The van der Waals surface area contributed by atoms with Crippen LogP contribution in [0.15, 0.2) is 22.7 Å². The van der Waals surface area contributed by atoms with E-state index in [1.807, 2.05) is 18.7 Å². The molecule has 1 aromatic heterocycles. The zero-order valence-electron chi connectivity index (χ0n) is 15.7. The zero-order valence-corrected chi connectivity index (χ0v) is 15.7. The van der Waals surface area contributed by atoms with Crippen molar-refractivity contribution in [1.82, 2.24) is 10.1 Å². The zero-order chi connectivity index (χ0) is 18.7. The predicted molar refractivity (Wildman–Crippen MR) is 97.2 cm³/mol. The van der Waals surface area contributed by atoms with Gasteiger partial charge in [-0.3, -0.25) is 4.79 Å². The lowest BCUT2D eigenvalue weighted by molar-refractivity contribution is 0.0906. The first-order valence-corrected chi connectivity index (χ1v) is 8.88. The Hall–Kier alpha value is -2.57. The third-order valence-electron chi connectivity index (χ3n) is 4.67. The van der Waals surface area contributed by atoms with Crippen LogP contribution in [-0.2, 0) is 0 Å². The number of carbonyl (C=O) groups is 1. The van der Waals surface area contributed by atoms with E-state index < -0.39 is 0 Å². The summed E-state index contributed by atoms with van der Waals surface area (Å²) in [5.41, 5.74) is 0.630. The van der Waals surface area contributed by atoms with Crippen molar-refractivity contribution in [2.24, 2.45) is 5.92 Å². The van der Waals surface area contributed by atoms with Crippen LogP contribution in [0, 0.1) is 5.92 Å². The van der Waals surface area contributed by atoms with Crippen LogP contribution in [0.2, 0.25) is 0 Å². The molecule has 0 amide bonds. The topological polar surface area (TPSA) is 77.7 Å². The van der Waals surface area contributed by atoms with E-state index in [1.165, 1.54) is 0 Å². The van der Waals surface area contributed by atoms with Gasteiger partial charge >= 0.3 is 0 Å². The van der Waals surface area contributed by atoms with Crippen LogP contribution in [0.25, 0.3) is 0 Å². The summed E-state index contributed by atoms with van der Waals surface area (Å²) in [7, 11) is 3.14. The number of ketones is 1. The minimum atomic E-state index is -0.108. The summed E-state index contributed by atoms with van der Waals surface area (Å²) in [5.74, 6) is 2.54. The molecule has 0 N–H and O–H groups in total. The van der Waals surface area contributed by atoms with Crippen LogP contribution in [0.4, 0.5) is 5.95 Å². The van der Waals surface area contributed by atoms with Crippen molar-refractivity contribution in [1.29, 1.82) is 0 Å². The number of piperidine rings is 1. The van der Waals surface area contributed by atoms with Gasteiger partial charge in [-0.15, -0.1) is 0 Å². The van der Waals surface area contributed by atoms with Gasteiger partial charge in [0.15, 0.2) is 17.3 Å². The quantitative estimate of drug-likeness (QED) is 0.732. The Balaban J connectivity index is 1.75. The van der Waals surface area contributed by atoms with Gasteiger partial charge in [0.05, 0.1) is 14.2 Å². The second-order valence-electron chi connectivity index (χ2n) is 6.81. The summed E-state index contributed by atoms with van der Waals surface area (Å²) in [5, 5.41) is 4.07. The molecule has 0 unspecified atom stereocenters. The summed E-state index contributed by atoms with van der Waals surface area (Å²) in [4.78, 5) is 19.5. The van der Waals surface area contributed by atoms with Gasteiger partial charge < -0.3 is 18.9 Å². The molecular weight excluding hydrogens is 334 g/mol. The first-order chi connectivity index (χ1) is 12.5. The maximum Gasteiger partial charge on any atom is 0.266 e. The molecule has 0 spiro atoms. The fraction of sp³-hybridized carbons (Fsp3) is 0.526. The Bertz CT molecular complexity index is 772. The molecule has 1 saturated heterocycles. The number of hydrogen-bond acceptors (Lipinski definition) is 7. The first-order valence-electron chi connectivity index (χ1n) is 8.88. The molecule has 26 heavy (non-hydrogen) atoms. The smallest absolute Gasteiger partial charge is 0.266 e. The molecule has 1 aromatic carbocycles. The van der Waals surface area contributed by atoms with Crippen molar-refractivity contribution < 1.29 is 18.8 Å². The molecule has 0 aliphatic carbocycles. The van der Waals surface area contributed by atoms with Gasteiger partial charge in [0, 0.05) is 30.5 Å². The molecular formula is C19H25N3O4. The van der Waals surface area contributed by atoms with Gasteiger partial charge in [-0.1, -0.05) is 13.8 Å². The Morgan fingerprint density at radius 1 is 1.27 bits per heavy atom. The molecule has 0 bridgehead atoms. The minimum absolute atomic E-state index is 0.100. The fourth-order valence-electron chi connectivity index (χ4n) is 3.19. The van der Waals surface area contributed by atoms with E-state index in [9.17, 15) is 4.79 Å². The van der Waals surface area contributed by atoms with Crippen LogP contribution in [-0.4, -0.2) is 43.2 Å². The normalized spacial score (nSPS) is 17.4. The summed E-state index contributed by atoms with van der Waals surface area (Å²) in [6.07, 6.45) is 1.76. The SMILES string of the molecule is COc1ccc(C(=O)[C@H]2CCCN(c3noc(C(C)C)n3)C2)cc1OC. The van der Waals surface area contributed by atoms with Crippen LogP contribution in [0.3, 0.4) is 0 Å². The molecule has 0 saturated carbocycles. The van der Waals surface area contributed by atoms with Crippen LogP contribution in [0.1, 0.15) is 48.9 Å². The predicted octanol–water partition coefficient (Wildman–Crippen LogP) is 3.31. The second kappa shape index (κ2) is 7.76. The number of nitrogens with zero attached hydrogens (tertiary/aromatic N) is 3. The molecule has 7 nitrogen and oxygen atoms in total. The van der Waals surface area contributed by atoms with E-state index >= 15 is 0 Å². The number of methoxy groups -OCH3 is 2. The number of carbonyl (C=O) groups excluding carboxylic acids is 1. The molecule has 2 aromatic rings. The summed E-state index contributed by atoms with van der Waals surface area (Å²) in [6, 6.07) is 5.29. The van der Waals surface area contributed by atoms with Gasteiger partial charge in [0.1, 0.15) is 0 Å². The average Bonchev–Trinajstić information content (AvgIpc) is 3.17. The molecule has 1 aliphatic heterocycles. The van der Waals surface area contributed by atoms with E-state index in [1.54, 1.807) is 32.4 Å². The Labute approximate surface area is 153 Å². The van der Waals surface area contributed by atoms with E-state index in [-0.39, 0.29) is 17.6 Å². The third-order valence-corrected chi connectivity index (χ3v) is 4.67. The fourth-order valence-corrected chi connectivity index (χ4v) is 3.19. The van der Waals surface area contributed by atoms with Gasteiger partial charge in [-0.2, -0.15) is 4.98 Å². The van der Waals surface area contributed by atoms with Crippen molar-refractivity contribution in [2.75, 3.05) is 32.2 Å². The minimum Gasteiger partial charge on any atom is -0.493 e. The summed E-state index contributed by atoms with van der Waals surface area (Å²) >= 11 is 0. The average molecular weight is 359 g/mol. The lowest BCUT2D eigenvalue weighted by Crippen LogP contribution is -2.39. The van der Waals surface area contributed by atoms with Gasteiger partial charge in [0.2, 0.25) is 5.89 Å². The number of anilines is 1. The summed E-state index contributed by atoms with van der Waals surface area (Å²) in [6.45, 7) is 5.44. The number of rotatable bonds is 6. The molecule has 2 heterocycles. The molecule has 7 heteroatoms. The van der Waals surface area contributed by atoms with Gasteiger partial charge in [0.25, 0.3) is 5.95 Å². The van der Waals surface area contributed by atoms with Gasteiger partial charge in [-0.25, -0.2) is 0 Å². The van der Waals surface area contributed by atoms with Crippen LogP contribution < -0.4 is 14.4 Å². The first kappa shape index (κ1) is 18.2. The highest BCUT2D eigenvalue weighted by Crippen LogP contribution is 2.30. The number of ether oxygens (including phenoxy) is 2. The van der Waals surface area contributed by atoms with E-state index in [4.69, 9.17) is 14.0 Å². The number of Topliss-reactive ketones (excluding diaryl/α,β-unsaturated/α-hetero) is 1. The van der Waals surface area contributed by atoms with E-state index in [0.717, 1.165) is 19.4 Å². The Morgan fingerprint density at radius 2 is 2.04 bits per heavy atom. The van der Waals surface area contributed by atoms with Gasteiger partial charge in [-0.05, 0) is 36.2 Å². The lowest BCUT2D eigenvalue weighted by atomic mass is 9.90. The molecule has 1 fully saturated rings. The van der Waals surface area contributed by atoms with E-state index in [0.29, 0.717) is 35.4 Å². The molecule has 140 valence electrons. The molecule has 1 atom stereocenters. The van der Waals surface area contributed by atoms with Crippen molar-refractivity contribution in [3.8, 4) is 11.5 Å². The molecule has 1 aliphatic rings. The number of hydrogen-bond donors (Lipinski definition) is 0. The standard InChI is InChI=1S/C19H25N3O4/c1-12(2)18-20-19(21-26-18)22-9-5-6-14(11-22)17(23)13-7-8-15(24-3)16(10-13)25-4/h7-8,10,12,14H,5-6,9,11H2,1-4H3/t14-/m0/s1. The van der Waals surface area contributed by atoms with Crippen molar-refractivity contribution in [3.63, 3.8) is 0 Å². The molecule has 3 rings (SSSR count). The van der Waals surface area contributed by atoms with E-state index in [2.05, 4.69) is 10.1 Å². The number of benzene rings is 1. The highest BCUT2D eigenvalue weighted by atomic mass is 16.5. The van der Waals surface area contributed by atoms with Crippen LogP contribution in [0.5, 0.6) is 11.5 Å². The van der Waals surface area contributed by atoms with Crippen LogP contribution >= 0.6 is 0 Å². The van der Waals surface area contributed by atoms with Crippen molar-refractivity contribution >= 4 is 11.7 Å². The molecule has 0 radical (unpaired) electrons. The Morgan fingerprint density at radius 3 is 2.69 bits per heavy atom. The third kappa shape index (κ3) is 3.66. The second-order valence-corrected chi connectivity index (χ2v) is 6.81. The summed E-state index contributed by atoms with van der Waals surface area (Å²) < 4.78 is 15.8. The Kier molecular flexibility index (Phi) is 5.44. The van der Waals surface area contributed by atoms with Crippen molar-refractivity contribution in [2.45, 2.75) is 32.6 Å². The maximum absolute atomic E-state index is 13.0. The van der Waals surface area contributed by atoms with Crippen molar-refractivity contribution in [3.05, 3.63) is 29.7 Å².